The van der Waals surface area contributed by atoms with Gasteiger partial charge in [0, 0.05) is 21.8 Å². The molecule has 0 unspecified atom stereocenters. The minimum Gasteiger partial charge on any atom is -0.332 e. The van der Waals surface area contributed by atoms with Crippen molar-refractivity contribution in [3.05, 3.63) is 38.6 Å². The number of nitrogens with two attached hydrogens (primary N) is 1. The number of aryl methyl sites for hydroxylation is 1. The van der Waals surface area contributed by atoms with Crippen LogP contribution in [-0.4, -0.2) is 21.7 Å². The zero-order valence-electron chi connectivity index (χ0n) is 11.3. The maximum atomic E-state index is 5.53. The molecule has 0 aliphatic heterocycles. The van der Waals surface area contributed by atoms with E-state index in [1.807, 2.05) is 30.5 Å². The minimum absolute atomic E-state index is 0.428. The number of hydrogen-bond donors (Lipinski definition) is 1. The fraction of sp³-hybridized carbons (Fsp3) is 0.214. The molecule has 108 valence electrons. The fourth-order valence-corrected chi connectivity index (χ4v) is 3.34. The van der Waals surface area contributed by atoms with Crippen molar-refractivity contribution < 1.29 is 4.52 Å². The molecule has 2 aromatic heterocycles. The van der Waals surface area contributed by atoms with Crippen LogP contribution in [0.2, 0.25) is 0 Å². The van der Waals surface area contributed by atoms with E-state index in [0.29, 0.717) is 24.0 Å². The van der Waals surface area contributed by atoms with E-state index in [9.17, 15) is 0 Å². The molecule has 3 aromatic rings. The molecule has 0 saturated carbocycles. The van der Waals surface area contributed by atoms with Gasteiger partial charge < -0.3 is 10.3 Å². The second-order valence-electron chi connectivity index (χ2n) is 4.57. The van der Waals surface area contributed by atoms with E-state index in [1.54, 1.807) is 11.3 Å². The van der Waals surface area contributed by atoms with Crippen molar-refractivity contribution in [3.8, 4) is 23.0 Å². The molecule has 0 spiro atoms. The van der Waals surface area contributed by atoms with Crippen LogP contribution in [0.3, 0.4) is 0 Å². The molecule has 0 aliphatic carbocycles. The van der Waals surface area contributed by atoms with Gasteiger partial charge >= 0.3 is 0 Å². The Bertz CT molecular complexity index is 768. The molecular formula is C14H13BrN4OS. The van der Waals surface area contributed by atoms with Crippen LogP contribution in [0.5, 0.6) is 0 Å². The maximum Gasteiger partial charge on any atom is 0.277 e. The molecule has 0 atom stereocenters. The largest absolute Gasteiger partial charge is 0.332 e. The molecule has 0 bridgehead atoms. The van der Waals surface area contributed by atoms with Gasteiger partial charge in [0.15, 0.2) is 0 Å². The summed E-state index contributed by atoms with van der Waals surface area (Å²) in [4.78, 5) is 8.86. The van der Waals surface area contributed by atoms with Crippen LogP contribution in [0.4, 0.5) is 0 Å². The molecule has 1 aromatic carbocycles. The Morgan fingerprint density at radius 3 is 2.95 bits per heavy atom. The maximum absolute atomic E-state index is 5.53. The summed E-state index contributed by atoms with van der Waals surface area (Å²) in [5, 5.41) is 6.92. The average molecular weight is 365 g/mol. The second-order valence-corrected chi connectivity index (χ2v) is 6.37. The van der Waals surface area contributed by atoms with Crippen molar-refractivity contribution in [2.75, 3.05) is 6.54 Å². The Kier molecular flexibility index (Phi) is 4.14. The molecular weight excluding hydrogens is 352 g/mol. The van der Waals surface area contributed by atoms with Gasteiger partial charge in [-0.25, -0.2) is 4.98 Å². The summed E-state index contributed by atoms with van der Waals surface area (Å²) >= 11 is 5.08. The van der Waals surface area contributed by atoms with Crippen LogP contribution < -0.4 is 5.73 Å². The summed E-state index contributed by atoms with van der Waals surface area (Å²) in [6.07, 6.45) is 0.759. The van der Waals surface area contributed by atoms with E-state index in [2.05, 4.69) is 31.1 Å². The third-order valence-corrected chi connectivity index (χ3v) is 4.49. The Labute approximate surface area is 134 Å². The van der Waals surface area contributed by atoms with E-state index in [1.165, 1.54) is 5.56 Å². The molecule has 7 heteroatoms. The molecule has 0 aliphatic rings. The van der Waals surface area contributed by atoms with Crippen molar-refractivity contribution in [2.45, 2.75) is 13.3 Å². The molecule has 3 rings (SSSR count). The zero-order chi connectivity index (χ0) is 14.8. The number of thiazole rings is 1. The van der Waals surface area contributed by atoms with E-state index in [-0.39, 0.29) is 0 Å². The highest BCUT2D eigenvalue weighted by atomic mass is 79.9. The lowest BCUT2D eigenvalue weighted by Gasteiger charge is -1.99. The summed E-state index contributed by atoms with van der Waals surface area (Å²) in [5.41, 5.74) is 8.29. The predicted molar refractivity (Wildman–Crippen MR) is 86.0 cm³/mol. The SMILES string of the molecule is Cc1ccc(-c2noc(-c3csc(CCN)n3)n2)c(Br)c1. The van der Waals surface area contributed by atoms with Crippen molar-refractivity contribution in [1.82, 2.24) is 15.1 Å². The molecule has 2 heterocycles. The highest BCUT2D eigenvalue weighted by Gasteiger charge is 2.15. The van der Waals surface area contributed by atoms with E-state index in [4.69, 9.17) is 10.3 Å². The third-order valence-electron chi connectivity index (χ3n) is 2.92. The summed E-state index contributed by atoms with van der Waals surface area (Å²) < 4.78 is 6.25. The summed E-state index contributed by atoms with van der Waals surface area (Å²) in [6, 6.07) is 6.00. The van der Waals surface area contributed by atoms with E-state index < -0.39 is 0 Å². The topological polar surface area (TPSA) is 77.8 Å². The second kappa shape index (κ2) is 6.05. The smallest absolute Gasteiger partial charge is 0.277 e. The van der Waals surface area contributed by atoms with Gasteiger partial charge in [-0.1, -0.05) is 27.2 Å². The Balaban J connectivity index is 1.91. The van der Waals surface area contributed by atoms with Crippen molar-refractivity contribution >= 4 is 27.3 Å². The predicted octanol–water partition coefficient (Wildman–Crippen LogP) is 3.43. The fourth-order valence-electron chi connectivity index (χ4n) is 1.89. The normalized spacial score (nSPS) is 11.0. The van der Waals surface area contributed by atoms with Crippen molar-refractivity contribution in [2.24, 2.45) is 5.73 Å². The lowest BCUT2D eigenvalue weighted by molar-refractivity contribution is 0.431. The first kappa shape index (κ1) is 14.4. The Morgan fingerprint density at radius 1 is 1.33 bits per heavy atom. The van der Waals surface area contributed by atoms with Crippen LogP contribution in [0, 0.1) is 6.92 Å². The van der Waals surface area contributed by atoms with Gasteiger partial charge in [-0.05, 0) is 31.2 Å². The number of nitrogens with zero attached hydrogens (tertiary/aromatic N) is 3. The minimum atomic E-state index is 0.428. The van der Waals surface area contributed by atoms with Crippen LogP contribution in [0.1, 0.15) is 10.6 Å². The van der Waals surface area contributed by atoms with Gasteiger partial charge in [-0.3, -0.25) is 0 Å². The molecule has 0 fully saturated rings. The van der Waals surface area contributed by atoms with Gasteiger partial charge in [-0.15, -0.1) is 11.3 Å². The number of aromatic nitrogens is 3. The van der Waals surface area contributed by atoms with E-state index >= 15 is 0 Å². The Morgan fingerprint density at radius 2 is 2.19 bits per heavy atom. The molecule has 21 heavy (non-hydrogen) atoms. The lowest BCUT2D eigenvalue weighted by Crippen LogP contribution is -2.01. The van der Waals surface area contributed by atoms with Crippen LogP contribution in [0.15, 0.2) is 32.6 Å². The zero-order valence-corrected chi connectivity index (χ0v) is 13.7. The number of rotatable bonds is 4. The number of hydrogen-bond acceptors (Lipinski definition) is 6. The quantitative estimate of drug-likeness (QED) is 0.766. The summed E-state index contributed by atoms with van der Waals surface area (Å²) in [7, 11) is 0. The number of halogens is 1. The highest BCUT2D eigenvalue weighted by molar-refractivity contribution is 9.10. The Hall–Kier alpha value is -1.57. The van der Waals surface area contributed by atoms with Gasteiger partial charge in [-0.2, -0.15) is 4.98 Å². The number of benzene rings is 1. The monoisotopic (exact) mass is 364 g/mol. The average Bonchev–Trinajstić information content (AvgIpc) is 3.08. The summed E-state index contributed by atoms with van der Waals surface area (Å²) in [6.45, 7) is 2.61. The summed E-state index contributed by atoms with van der Waals surface area (Å²) in [5.74, 6) is 0.974. The lowest BCUT2D eigenvalue weighted by atomic mass is 10.1. The molecule has 0 saturated heterocycles. The van der Waals surface area contributed by atoms with E-state index in [0.717, 1.165) is 21.5 Å². The van der Waals surface area contributed by atoms with Crippen LogP contribution >= 0.6 is 27.3 Å². The molecule has 0 amide bonds. The first-order valence-electron chi connectivity index (χ1n) is 6.42. The van der Waals surface area contributed by atoms with Crippen LogP contribution in [0.25, 0.3) is 23.0 Å². The van der Waals surface area contributed by atoms with Gasteiger partial charge in [0.05, 0.1) is 5.01 Å². The molecule has 0 radical (unpaired) electrons. The van der Waals surface area contributed by atoms with Gasteiger partial charge in [0.1, 0.15) is 5.69 Å². The highest BCUT2D eigenvalue weighted by Crippen LogP contribution is 2.29. The van der Waals surface area contributed by atoms with Gasteiger partial charge in [0.25, 0.3) is 5.89 Å². The molecule has 2 N–H and O–H groups in total. The third kappa shape index (κ3) is 3.04. The van der Waals surface area contributed by atoms with Crippen LogP contribution in [-0.2, 0) is 6.42 Å². The van der Waals surface area contributed by atoms with Gasteiger partial charge in [0.2, 0.25) is 5.82 Å². The first-order valence-corrected chi connectivity index (χ1v) is 8.09. The first-order chi connectivity index (χ1) is 10.2. The molecule has 5 nitrogen and oxygen atoms in total. The standard InChI is InChI=1S/C14H13BrN4OS/c1-8-2-3-9(10(15)6-8)13-18-14(20-19-13)11-7-21-12(17-11)4-5-16/h2-3,6-7H,4-5,16H2,1H3. The van der Waals surface area contributed by atoms with Crippen molar-refractivity contribution in [3.63, 3.8) is 0 Å². The van der Waals surface area contributed by atoms with Crippen molar-refractivity contribution in [1.29, 1.82) is 0 Å².